The third-order valence-corrected chi connectivity index (χ3v) is 3.27. The van der Waals surface area contributed by atoms with Crippen molar-refractivity contribution < 1.29 is 4.92 Å². The molecule has 7 nitrogen and oxygen atoms in total. The van der Waals surface area contributed by atoms with Crippen LogP contribution in [0.25, 0.3) is 10.8 Å². The summed E-state index contributed by atoms with van der Waals surface area (Å²) in [6.45, 7) is 0.182. The molecule has 0 atom stereocenters. The van der Waals surface area contributed by atoms with Gasteiger partial charge in [-0.1, -0.05) is 18.2 Å². The molecule has 1 aromatic heterocycles. The molecule has 0 aliphatic rings. The number of rotatable bonds is 4. The summed E-state index contributed by atoms with van der Waals surface area (Å²) in [4.78, 5) is 22.4. The SMILES string of the molecule is O=c1c2ccccc2cnn1CNc1ccc([N+](=O)[O-])cc1. The summed E-state index contributed by atoms with van der Waals surface area (Å²) in [7, 11) is 0. The van der Waals surface area contributed by atoms with Gasteiger partial charge in [0.2, 0.25) is 0 Å². The highest BCUT2D eigenvalue weighted by Gasteiger charge is 2.05. The van der Waals surface area contributed by atoms with Gasteiger partial charge in [-0.2, -0.15) is 5.10 Å². The summed E-state index contributed by atoms with van der Waals surface area (Å²) in [5, 5.41) is 19.1. The van der Waals surface area contributed by atoms with Crippen molar-refractivity contribution in [1.82, 2.24) is 9.78 Å². The Hall–Kier alpha value is -3.22. The van der Waals surface area contributed by atoms with Gasteiger partial charge in [-0.15, -0.1) is 0 Å². The zero-order valence-corrected chi connectivity index (χ0v) is 11.5. The topological polar surface area (TPSA) is 90.1 Å². The molecule has 0 spiro atoms. The van der Waals surface area contributed by atoms with Crippen LogP contribution in [0.15, 0.2) is 59.5 Å². The highest BCUT2D eigenvalue weighted by Crippen LogP contribution is 2.15. The van der Waals surface area contributed by atoms with E-state index in [0.717, 1.165) is 5.39 Å². The van der Waals surface area contributed by atoms with Crippen LogP contribution in [0.1, 0.15) is 0 Å². The second-order valence-electron chi connectivity index (χ2n) is 4.68. The molecule has 0 saturated heterocycles. The van der Waals surface area contributed by atoms with Gasteiger partial charge >= 0.3 is 0 Å². The molecule has 7 heteroatoms. The lowest BCUT2D eigenvalue weighted by atomic mass is 10.2. The average molecular weight is 296 g/mol. The Balaban J connectivity index is 1.80. The number of benzene rings is 2. The number of hydrogen-bond acceptors (Lipinski definition) is 5. The maximum atomic E-state index is 12.3. The fourth-order valence-electron chi connectivity index (χ4n) is 2.11. The Morgan fingerprint density at radius 1 is 1.14 bits per heavy atom. The molecule has 2 aromatic carbocycles. The first-order valence-corrected chi connectivity index (χ1v) is 6.58. The van der Waals surface area contributed by atoms with Crippen molar-refractivity contribution in [3.63, 3.8) is 0 Å². The van der Waals surface area contributed by atoms with Crippen LogP contribution in [0.3, 0.4) is 0 Å². The predicted molar refractivity (Wildman–Crippen MR) is 82.7 cm³/mol. The number of anilines is 1. The van der Waals surface area contributed by atoms with Crippen molar-refractivity contribution in [2.45, 2.75) is 6.67 Å². The number of hydrogen-bond donors (Lipinski definition) is 1. The minimum atomic E-state index is -0.459. The fourth-order valence-corrected chi connectivity index (χ4v) is 2.11. The summed E-state index contributed by atoms with van der Waals surface area (Å²) in [5.41, 5.74) is 0.506. The van der Waals surface area contributed by atoms with Gasteiger partial charge in [0.25, 0.3) is 11.2 Å². The van der Waals surface area contributed by atoms with Crippen LogP contribution in [0.4, 0.5) is 11.4 Å². The number of fused-ring (bicyclic) bond motifs is 1. The molecular formula is C15H12N4O3. The highest BCUT2D eigenvalue weighted by molar-refractivity contribution is 5.80. The number of nitrogens with one attached hydrogen (secondary N) is 1. The first kappa shape index (κ1) is 13.7. The Kier molecular flexibility index (Phi) is 3.53. The molecular weight excluding hydrogens is 284 g/mol. The number of nitro benzene ring substituents is 1. The van der Waals surface area contributed by atoms with E-state index in [9.17, 15) is 14.9 Å². The summed E-state index contributed by atoms with van der Waals surface area (Å²) in [6, 6.07) is 13.2. The molecule has 1 N–H and O–H groups in total. The predicted octanol–water partition coefficient (Wildman–Crippen LogP) is 2.37. The van der Waals surface area contributed by atoms with Gasteiger partial charge in [-0.3, -0.25) is 14.9 Å². The van der Waals surface area contributed by atoms with Crippen LogP contribution in [0.2, 0.25) is 0 Å². The molecule has 0 fully saturated rings. The zero-order chi connectivity index (χ0) is 15.5. The van der Waals surface area contributed by atoms with Crippen molar-refractivity contribution in [3.8, 4) is 0 Å². The highest BCUT2D eigenvalue weighted by atomic mass is 16.6. The molecule has 3 aromatic rings. The molecule has 0 aliphatic carbocycles. The van der Waals surface area contributed by atoms with Crippen molar-refractivity contribution in [3.05, 3.63) is 75.2 Å². The number of nitro groups is 1. The van der Waals surface area contributed by atoms with Crippen LogP contribution in [-0.4, -0.2) is 14.7 Å². The monoisotopic (exact) mass is 296 g/mol. The Bertz CT molecular complexity index is 887. The summed E-state index contributed by atoms with van der Waals surface area (Å²) < 4.78 is 1.31. The molecule has 0 unspecified atom stereocenters. The largest absolute Gasteiger partial charge is 0.366 e. The molecule has 3 rings (SSSR count). The number of aromatic nitrogens is 2. The quantitative estimate of drug-likeness (QED) is 0.589. The van der Waals surface area contributed by atoms with Gasteiger partial charge in [0.1, 0.15) is 6.67 Å². The zero-order valence-electron chi connectivity index (χ0n) is 11.5. The van der Waals surface area contributed by atoms with Crippen LogP contribution in [0, 0.1) is 10.1 Å². The number of non-ortho nitro benzene ring substituents is 1. The van der Waals surface area contributed by atoms with Crippen molar-refractivity contribution in [2.75, 3.05) is 5.32 Å². The maximum Gasteiger partial charge on any atom is 0.276 e. The Morgan fingerprint density at radius 2 is 1.86 bits per heavy atom. The standard InChI is InChI=1S/C15H12N4O3/c20-15-14-4-2-1-3-11(14)9-17-18(15)10-16-12-5-7-13(8-6-12)19(21)22/h1-9,16H,10H2. The van der Waals surface area contributed by atoms with E-state index < -0.39 is 4.92 Å². The normalized spacial score (nSPS) is 10.5. The van der Waals surface area contributed by atoms with E-state index in [2.05, 4.69) is 10.4 Å². The fraction of sp³-hybridized carbons (Fsp3) is 0.0667. The van der Waals surface area contributed by atoms with E-state index in [1.54, 1.807) is 30.5 Å². The number of nitrogens with zero attached hydrogens (tertiary/aromatic N) is 3. The lowest BCUT2D eigenvalue weighted by molar-refractivity contribution is -0.384. The molecule has 0 radical (unpaired) electrons. The molecule has 0 bridgehead atoms. The minimum Gasteiger partial charge on any atom is -0.366 e. The molecule has 0 aliphatic heterocycles. The van der Waals surface area contributed by atoms with E-state index in [0.29, 0.717) is 11.1 Å². The van der Waals surface area contributed by atoms with Crippen molar-refractivity contribution in [1.29, 1.82) is 0 Å². The van der Waals surface area contributed by atoms with Gasteiger partial charge in [0, 0.05) is 23.2 Å². The molecule has 0 amide bonds. The van der Waals surface area contributed by atoms with E-state index >= 15 is 0 Å². The maximum absolute atomic E-state index is 12.3. The van der Waals surface area contributed by atoms with Gasteiger partial charge in [-0.05, 0) is 18.2 Å². The molecule has 1 heterocycles. The molecule has 0 saturated carbocycles. The lowest BCUT2D eigenvalue weighted by Crippen LogP contribution is -2.26. The smallest absolute Gasteiger partial charge is 0.276 e. The van der Waals surface area contributed by atoms with Crippen molar-refractivity contribution in [2.24, 2.45) is 0 Å². The van der Waals surface area contributed by atoms with Gasteiger partial charge in [-0.25, -0.2) is 4.68 Å². The molecule has 110 valence electrons. The van der Waals surface area contributed by atoms with Crippen molar-refractivity contribution >= 4 is 22.1 Å². The van der Waals surface area contributed by atoms with E-state index in [4.69, 9.17) is 0 Å². The average Bonchev–Trinajstić information content (AvgIpc) is 2.55. The van der Waals surface area contributed by atoms with Gasteiger partial charge < -0.3 is 5.32 Å². The Labute approximate surface area is 125 Å². The summed E-state index contributed by atoms with van der Waals surface area (Å²) in [5.74, 6) is 0. The Morgan fingerprint density at radius 3 is 2.59 bits per heavy atom. The summed E-state index contributed by atoms with van der Waals surface area (Å²) >= 11 is 0. The third kappa shape index (κ3) is 2.64. The van der Waals surface area contributed by atoms with E-state index in [-0.39, 0.29) is 17.9 Å². The minimum absolute atomic E-state index is 0.0200. The second-order valence-corrected chi connectivity index (χ2v) is 4.68. The second kappa shape index (κ2) is 5.65. The van der Waals surface area contributed by atoms with E-state index in [1.807, 2.05) is 12.1 Å². The van der Waals surface area contributed by atoms with Gasteiger partial charge in [0.05, 0.1) is 16.5 Å². The van der Waals surface area contributed by atoms with Crippen LogP contribution < -0.4 is 10.9 Å². The van der Waals surface area contributed by atoms with Crippen LogP contribution in [-0.2, 0) is 6.67 Å². The third-order valence-electron chi connectivity index (χ3n) is 3.27. The lowest BCUT2D eigenvalue weighted by Gasteiger charge is -2.08. The first-order valence-electron chi connectivity index (χ1n) is 6.58. The first-order chi connectivity index (χ1) is 10.6. The van der Waals surface area contributed by atoms with E-state index in [1.165, 1.54) is 16.8 Å². The molecule has 22 heavy (non-hydrogen) atoms. The summed E-state index contributed by atoms with van der Waals surface area (Å²) in [6.07, 6.45) is 1.63. The van der Waals surface area contributed by atoms with Crippen LogP contribution in [0.5, 0.6) is 0 Å². The van der Waals surface area contributed by atoms with Gasteiger partial charge in [0.15, 0.2) is 0 Å². The van der Waals surface area contributed by atoms with Crippen LogP contribution >= 0.6 is 0 Å².